The van der Waals surface area contributed by atoms with Crippen molar-refractivity contribution in [1.29, 1.82) is 0 Å². The van der Waals surface area contributed by atoms with Gasteiger partial charge in [0.25, 0.3) is 5.91 Å². The molecule has 0 saturated heterocycles. The summed E-state index contributed by atoms with van der Waals surface area (Å²) in [7, 11) is 0. The number of aliphatic imine (C=N–C) groups is 1. The molecule has 2 aromatic rings. The van der Waals surface area contributed by atoms with Gasteiger partial charge in [0, 0.05) is 12.6 Å². The van der Waals surface area contributed by atoms with Crippen LogP contribution in [0.3, 0.4) is 0 Å². The largest absolute Gasteiger partial charge is 0.454 e. The number of halogens is 1. The van der Waals surface area contributed by atoms with E-state index in [0.717, 1.165) is 25.3 Å². The normalized spacial score (nSPS) is 19.5. The lowest BCUT2D eigenvalue weighted by atomic mass is 9.82. The lowest BCUT2D eigenvalue weighted by Crippen LogP contribution is -2.44. The minimum absolute atomic E-state index is 0. The molecule has 1 aliphatic carbocycles. The first-order chi connectivity index (χ1) is 13.2. The standard InChI is InChI=1S/C21H28N4O2.HI/c1-2-23-21(24-14-18-12-13-19(27-18)20(22)26)25-17-10-8-16(9-11-17)15-6-4-3-5-7-15;/h3-7,12-13,16-17H,2,8-11,14H2,1H3,(H2,22,26)(H2,23,24,25);1H. The van der Waals surface area contributed by atoms with E-state index in [1.807, 2.05) is 6.92 Å². The molecule has 0 spiro atoms. The summed E-state index contributed by atoms with van der Waals surface area (Å²) in [6.07, 6.45) is 4.61. The number of carbonyl (C=O) groups is 1. The number of nitrogens with one attached hydrogen (secondary N) is 2. The highest BCUT2D eigenvalue weighted by Gasteiger charge is 2.22. The molecule has 1 aromatic carbocycles. The lowest BCUT2D eigenvalue weighted by molar-refractivity contribution is 0.0972. The molecule has 0 unspecified atom stereocenters. The molecule has 0 radical (unpaired) electrons. The topological polar surface area (TPSA) is 92.6 Å². The molecule has 0 aliphatic heterocycles. The SMILES string of the molecule is CCNC(=NCc1ccc(C(N)=O)o1)NC1CCC(c2ccccc2)CC1.I. The van der Waals surface area contributed by atoms with Gasteiger partial charge in [0.1, 0.15) is 12.3 Å². The molecule has 0 atom stereocenters. The molecule has 7 heteroatoms. The van der Waals surface area contributed by atoms with Crippen LogP contribution in [0.15, 0.2) is 51.9 Å². The average molecular weight is 496 g/mol. The van der Waals surface area contributed by atoms with Crippen LogP contribution in [0.25, 0.3) is 0 Å². The Morgan fingerprint density at radius 2 is 1.86 bits per heavy atom. The number of amides is 1. The quantitative estimate of drug-likeness (QED) is 0.323. The van der Waals surface area contributed by atoms with Gasteiger partial charge in [-0.2, -0.15) is 0 Å². The zero-order valence-electron chi connectivity index (χ0n) is 16.2. The van der Waals surface area contributed by atoms with E-state index in [9.17, 15) is 4.79 Å². The van der Waals surface area contributed by atoms with Crippen LogP contribution >= 0.6 is 24.0 Å². The Labute approximate surface area is 183 Å². The summed E-state index contributed by atoms with van der Waals surface area (Å²) in [4.78, 5) is 15.7. The lowest BCUT2D eigenvalue weighted by Gasteiger charge is -2.30. The maximum absolute atomic E-state index is 11.1. The molecule has 1 aliphatic rings. The van der Waals surface area contributed by atoms with Crippen LogP contribution in [0.5, 0.6) is 0 Å². The molecule has 0 bridgehead atoms. The number of benzene rings is 1. The smallest absolute Gasteiger partial charge is 0.284 e. The number of nitrogens with zero attached hydrogens (tertiary/aromatic N) is 1. The predicted octanol–water partition coefficient (Wildman–Crippen LogP) is 3.78. The number of carbonyl (C=O) groups excluding carboxylic acids is 1. The van der Waals surface area contributed by atoms with Crippen molar-refractivity contribution in [3.05, 3.63) is 59.5 Å². The minimum Gasteiger partial charge on any atom is -0.454 e. The van der Waals surface area contributed by atoms with Crippen molar-refractivity contribution < 1.29 is 9.21 Å². The summed E-state index contributed by atoms with van der Waals surface area (Å²) in [6.45, 7) is 3.19. The molecule has 28 heavy (non-hydrogen) atoms. The number of rotatable bonds is 6. The molecule has 1 amide bonds. The number of nitrogens with two attached hydrogens (primary N) is 1. The highest BCUT2D eigenvalue weighted by atomic mass is 127. The summed E-state index contributed by atoms with van der Waals surface area (Å²) >= 11 is 0. The molecule has 4 N–H and O–H groups in total. The van der Waals surface area contributed by atoms with Crippen LogP contribution in [0.4, 0.5) is 0 Å². The van der Waals surface area contributed by atoms with E-state index in [1.165, 1.54) is 18.4 Å². The van der Waals surface area contributed by atoms with Crippen molar-refractivity contribution in [2.24, 2.45) is 10.7 Å². The van der Waals surface area contributed by atoms with Gasteiger partial charge in [0.2, 0.25) is 0 Å². The molecular formula is C21H29IN4O2. The van der Waals surface area contributed by atoms with Crippen LogP contribution < -0.4 is 16.4 Å². The maximum atomic E-state index is 11.1. The van der Waals surface area contributed by atoms with Crippen molar-refractivity contribution in [3.63, 3.8) is 0 Å². The molecule has 1 aromatic heterocycles. The Hall–Kier alpha value is -2.03. The Bertz CT molecular complexity index is 768. The zero-order chi connectivity index (χ0) is 19.1. The number of furan rings is 1. The molecule has 6 nitrogen and oxygen atoms in total. The number of guanidine groups is 1. The average Bonchev–Trinajstić information content (AvgIpc) is 3.17. The van der Waals surface area contributed by atoms with E-state index in [0.29, 0.717) is 24.3 Å². The van der Waals surface area contributed by atoms with Gasteiger partial charge < -0.3 is 20.8 Å². The summed E-state index contributed by atoms with van der Waals surface area (Å²) in [5.41, 5.74) is 6.66. The first-order valence-electron chi connectivity index (χ1n) is 9.64. The van der Waals surface area contributed by atoms with E-state index in [-0.39, 0.29) is 29.7 Å². The summed E-state index contributed by atoms with van der Waals surface area (Å²) in [5, 5.41) is 6.81. The second-order valence-corrected chi connectivity index (χ2v) is 6.93. The van der Waals surface area contributed by atoms with E-state index < -0.39 is 5.91 Å². The summed E-state index contributed by atoms with van der Waals surface area (Å²) in [5.74, 6) is 1.65. The van der Waals surface area contributed by atoms with Gasteiger partial charge in [-0.05, 0) is 56.2 Å². The Kier molecular flexibility index (Phi) is 8.82. The fourth-order valence-electron chi connectivity index (χ4n) is 3.56. The van der Waals surface area contributed by atoms with Crippen molar-refractivity contribution in [2.75, 3.05) is 6.54 Å². The molecule has 1 heterocycles. The number of primary amides is 1. The van der Waals surface area contributed by atoms with Gasteiger partial charge in [-0.3, -0.25) is 4.79 Å². The van der Waals surface area contributed by atoms with Crippen LogP contribution in [-0.4, -0.2) is 24.5 Å². The minimum atomic E-state index is -0.564. The first kappa shape index (κ1) is 22.3. The summed E-state index contributed by atoms with van der Waals surface area (Å²) in [6, 6.07) is 14.5. The Morgan fingerprint density at radius 1 is 1.14 bits per heavy atom. The van der Waals surface area contributed by atoms with E-state index in [1.54, 1.807) is 12.1 Å². The molecule has 152 valence electrons. The molecule has 3 rings (SSSR count). The van der Waals surface area contributed by atoms with E-state index >= 15 is 0 Å². The second-order valence-electron chi connectivity index (χ2n) is 6.93. The van der Waals surface area contributed by atoms with Gasteiger partial charge in [0.05, 0.1) is 0 Å². The summed E-state index contributed by atoms with van der Waals surface area (Å²) < 4.78 is 5.39. The number of hydrogen-bond donors (Lipinski definition) is 3. The van der Waals surface area contributed by atoms with Gasteiger partial charge in [-0.1, -0.05) is 30.3 Å². The van der Waals surface area contributed by atoms with Crippen molar-refractivity contribution in [1.82, 2.24) is 10.6 Å². The van der Waals surface area contributed by atoms with E-state index in [2.05, 4.69) is 46.0 Å². The van der Waals surface area contributed by atoms with Gasteiger partial charge in [0.15, 0.2) is 11.7 Å². The maximum Gasteiger partial charge on any atom is 0.284 e. The highest BCUT2D eigenvalue weighted by Crippen LogP contribution is 2.32. The first-order valence-corrected chi connectivity index (χ1v) is 9.64. The Balaban J connectivity index is 0.00000280. The second kappa shape index (κ2) is 11.1. The van der Waals surface area contributed by atoms with Crippen LogP contribution in [0, 0.1) is 0 Å². The van der Waals surface area contributed by atoms with Gasteiger partial charge in [-0.15, -0.1) is 24.0 Å². The molecule has 1 saturated carbocycles. The monoisotopic (exact) mass is 496 g/mol. The van der Waals surface area contributed by atoms with E-state index in [4.69, 9.17) is 10.2 Å². The number of hydrogen-bond acceptors (Lipinski definition) is 3. The third-order valence-corrected chi connectivity index (χ3v) is 4.98. The van der Waals surface area contributed by atoms with Crippen molar-refractivity contribution >= 4 is 35.8 Å². The van der Waals surface area contributed by atoms with Gasteiger partial charge in [-0.25, -0.2) is 4.99 Å². The predicted molar refractivity (Wildman–Crippen MR) is 122 cm³/mol. The van der Waals surface area contributed by atoms with Crippen LogP contribution in [0.1, 0.15) is 60.4 Å². The third kappa shape index (κ3) is 6.25. The zero-order valence-corrected chi connectivity index (χ0v) is 18.5. The molecular weight excluding hydrogens is 467 g/mol. The Morgan fingerprint density at radius 3 is 2.46 bits per heavy atom. The van der Waals surface area contributed by atoms with Crippen LogP contribution in [-0.2, 0) is 6.54 Å². The van der Waals surface area contributed by atoms with Crippen LogP contribution in [0.2, 0.25) is 0 Å². The fourth-order valence-corrected chi connectivity index (χ4v) is 3.56. The third-order valence-electron chi connectivity index (χ3n) is 4.98. The van der Waals surface area contributed by atoms with Gasteiger partial charge >= 0.3 is 0 Å². The molecule has 1 fully saturated rings. The van der Waals surface area contributed by atoms with Crippen molar-refractivity contribution in [2.45, 2.75) is 51.1 Å². The van der Waals surface area contributed by atoms with Crippen molar-refractivity contribution in [3.8, 4) is 0 Å². The fraction of sp³-hybridized carbons (Fsp3) is 0.429. The highest BCUT2D eigenvalue weighted by molar-refractivity contribution is 14.0.